The second-order valence-corrected chi connectivity index (χ2v) is 4.84. The third-order valence-corrected chi connectivity index (χ3v) is 3.63. The summed E-state index contributed by atoms with van der Waals surface area (Å²) in [5.41, 5.74) is 0.589. The van der Waals surface area contributed by atoms with Crippen molar-refractivity contribution >= 4 is 5.78 Å². The van der Waals surface area contributed by atoms with E-state index in [1.54, 1.807) is 25.0 Å². The Morgan fingerprint density at radius 2 is 2.28 bits per heavy atom. The highest BCUT2D eigenvalue weighted by Gasteiger charge is 2.20. The van der Waals surface area contributed by atoms with E-state index in [0.29, 0.717) is 23.8 Å². The van der Waals surface area contributed by atoms with Crippen LogP contribution in [-0.4, -0.2) is 35.8 Å². The van der Waals surface area contributed by atoms with Crippen molar-refractivity contribution in [1.29, 1.82) is 0 Å². The van der Waals surface area contributed by atoms with Gasteiger partial charge in [-0.2, -0.15) is 5.10 Å². The summed E-state index contributed by atoms with van der Waals surface area (Å²) in [5.74, 6) is 1.38. The van der Waals surface area contributed by atoms with Gasteiger partial charge in [-0.1, -0.05) is 0 Å². The second-order valence-electron chi connectivity index (χ2n) is 4.84. The molecule has 0 saturated carbocycles. The third kappa shape index (κ3) is 2.90. The number of carbonyl (C=O) groups is 1. The number of nitrogens with one attached hydrogen (secondary N) is 1. The van der Waals surface area contributed by atoms with Crippen LogP contribution in [0.15, 0.2) is 6.20 Å². The van der Waals surface area contributed by atoms with Crippen molar-refractivity contribution in [3.63, 3.8) is 0 Å². The molecular formula is C13H21N3O2. The van der Waals surface area contributed by atoms with Gasteiger partial charge in [-0.15, -0.1) is 0 Å². The predicted molar refractivity (Wildman–Crippen MR) is 68.9 cm³/mol. The summed E-state index contributed by atoms with van der Waals surface area (Å²) in [7, 11) is 3.35. The van der Waals surface area contributed by atoms with Crippen LogP contribution >= 0.6 is 0 Å². The molecule has 0 amide bonds. The van der Waals surface area contributed by atoms with Gasteiger partial charge in [0.2, 0.25) is 0 Å². The van der Waals surface area contributed by atoms with Gasteiger partial charge in [-0.3, -0.25) is 9.48 Å². The number of ether oxygens (including phenoxy) is 1. The number of methoxy groups -OCH3 is 1. The molecule has 100 valence electrons. The highest BCUT2D eigenvalue weighted by molar-refractivity contribution is 5.96. The summed E-state index contributed by atoms with van der Waals surface area (Å²) in [6, 6.07) is 0. The molecule has 1 fully saturated rings. The van der Waals surface area contributed by atoms with Crippen LogP contribution in [0.25, 0.3) is 0 Å². The van der Waals surface area contributed by atoms with Gasteiger partial charge in [0.25, 0.3) is 0 Å². The Morgan fingerprint density at radius 1 is 1.56 bits per heavy atom. The average molecular weight is 251 g/mol. The lowest BCUT2D eigenvalue weighted by Gasteiger charge is -2.22. The number of aromatic nitrogens is 2. The molecule has 5 heteroatoms. The summed E-state index contributed by atoms with van der Waals surface area (Å²) in [6.07, 6.45) is 5.50. The number of hydrogen-bond donors (Lipinski definition) is 1. The van der Waals surface area contributed by atoms with E-state index < -0.39 is 0 Å². The zero-order valence-electron chi connectivity index (χ0n) is 11.1. The van der Waals surface area contributed by atoms with Gasteiger partial charge in [-0.25, -0.2) is 0 Å². The molecule has 1 aliphatic heterocycles. The maximum absolute atomic E-state index is 12.2. The molecule has 2 rings (SSSR count). The molecule has 0 radical (unpaired) electrons. The number of ketones is 1. The minimum absolute atomic E-state index is 0.130. The Morgan fingerprint density at radius 3 is 2.94 bits per heavy atom. The van der Waals surface area contributed by atoms with E-state index in [0.717, 1.165) is 19.5 Å². The molecule has 0 spiro atoms. The zero-order chi connectivity index (χ0) is 13.0. The maximum Gasteiger partial charge on any atom is 0.184 e. The van der Waals surface area contributed by atoms with Crippen LogP contribution in [-0.2, 0) is 7.05 Å². The van der Waals surface area contributed by atoms with Crippen molar-refractivity contribution in [2.75, 3.05) is 20.2 Å². The lowest BCUT2D eigenvalue weighted by atomic mass is 9.92. The second kappa shape index (κ2) is 6.00. The lowest BCUT2D eigenvalue weighted by molar-refractivity contribution is 0.0958. The fourth-order valence-electron chi connectivity index (χ4n) is 2.51. The first-order chi connectivity index (χ1) is 8.72. The molecule has 5 nitrogen and oxygen atoms in total. The number of hydrogen-bond acceptors (Lipinski definition) is 4. The van der Waals surface area contributed by atoms with E-state index in [1.165, 1.54) is 12.8 Å². The van der Waals surface area contributed by atoms with Crippen LogP contribution in [0.1, 0.15) is 36.2 Å². The van der Waals surface area contributed by atoms with E-state index in [1.807, 2.05) is 0 Å². The van der Waals surface area contributed by atoms with E-state index in [-0.39, 0.29) is 5.78 Å². The van der Waals surface area contributed by atoms with Crippen LogP contribution < -0.4 is 10.1 Å². The molecule has 1 aromatic rings. The van der Waals surface area contributed by atoms with Crippen LogP contribution in [0.4, 0.5) is 0 Å². The van der Waals surface area contributed by atoms with Crippen LogP contribution in [0, 0.1) is 5.92 Å². The lowest BCUT2D eigenvalue weighted by Crippen LogP contribution is -2.28. The molecule has 1 N–H and O–H groups in total. The van der Waals surface area contributed by atoms with Gasteiger partial charge in [0, 0.05) is 13.5 Å². The Bertz CT molecular complexity index is 408. The average Bonchev–Trinajstić information content (AvgIpc) is 2.78. The minimum Gasteiger partial charge on any atom is -0.493 e. The molecular weight excluding hydrogens is 230 g/mol. The number of piperidine rings is 1. The number of Topliss-reactive ketones (excluding diaryl/α,β-unsaturated/α-hetero) is 1. The fourth-order valence-corrected chi connectivity index (χ4v) is 2.51. The zero-order valence-corrected chi connectivity index (χ0v) is 11.1. The first-order valence-electron chi connectivity index (χ1n) is 6.52. The standard InChI is InChI=1S/C13H21N3O2/c1-16-13(12(18-2)9-15-16)11(17)4-3-10-5-7-14-8-6-10/h9-10,14H,3-8H2,1-2H3. The molecule has 2 heterocycles. The number of aryl methyl sites for hydroxylation is 1. The van der Waals surface area contributed by atoms with Crippen molar-refractivity contribution in [3.8, 4) is 5.75 Å². The highest BCUT2D eigenvalue weighted by Crippen LogP contribution is 2.22. The monoisotopic (exact) mass is 251 g/mol. The normalized spacial score (nSPS) is 16.8. The third-order valence-electron chi connectivity index (χ3n) is 3.63. The summed E-state index contributed by atoms with van der Waals surface area (Å²) in [5, 5.41) is 7.40. The summed E-state index contributed by atoms with van der Waals surface area (Å²) in [4.78, 5) is 12.2. The van der Waals surface area contributed by atoms with E-state index in [2.05, 4.69) is 10.4 Å². The van der Waals surface area contributed by atoms with Crippen molar-refractivity contribution in [2.24, 2.45) is 13.0 Å². The molecule has 0 unspecified atom stereocenters. The van der Waals surface area contributed by atoms with Gasteiger partial charge in [-0.05, 0) is 38.3 Å². The first kappa shape index (κ1) is 13.1. The van der Waals surface area contributed by atoms with E-state index >= 15 is 0 Å². The van der Waals surface area contributed by atoms with E-state index in [9.17, 15) is 4.79 Å². The summed E-state index contributed by atoms with van der Waals surface area (Å²) < 4.78 is 6.77. The van der Waals surface area contributed by atoms with Gasteiger partial charge in [0.1, 0.15) is 5.69 Å². The summed E-state index contributed by atoms with van der Waals surface area (Å²) >= 11 is 0. The maximum atomic E-state index is 12.2. The Labute approximate surface area is 108 Å². The SMILES string of the molecule is COc1cnn(C)c1C(=O)CCC1CCNCC1. The molecule has 1 aromatic heterocycles. The number of carbonyl (C=O) groups excluding carboxylic acids is 1. The minimum atomic E-state index is 0.130. The number of nitrogens with zero attached hydrogens (tertiary/aromatic N) is 2. The molecule has 1 saturated heterocycles. The van der Waals surface area contributed by atoms with E-state index in [4.69, 9.17) is 4.74 Å². The van der Waals surface area contributed by atoms with Crippen molar-refractivity contribution in [1.82, 2.24) is 15.1 Å². The summed E-state index contributed by atoms with van der Waals surface area (Å²) in [6.45, 7) is 2.15. The van der Waals surface area contributed by atoms with Crippen LogP contribution in [0.5, 0.6) is 5.75 Å². The molecule has 0 aromatic carbocycles. The molecule has 0 atom stereocenters. The largest absolute Gasteiger partial charge is 0.493 e. The van der Waals surface area contributed by atoms with Crippen molar-refractivity contribution < 1.29 is 9.53 Å². The smallest absolute Gasteiger partial charge is 0.184 e. The van der Waals surface area contributed by atoms with Crippen LogP contribution in [0.2, 0.25) is 0 Å². The van der Waals surface area contributed by atoms with Crippen LogP contribution in [0.3, 0.4) is 0 Å². The first-order valence-corrected chi connectivity index (χ1v) is 6.52. The van der Waals surface area contributed by atoms with Gasteiger partial charge in [0.05, 0.1) is 13.3 Å². The Balaban J connectivity index is 1.92. The molecule has 0 bridgehead atoms. The topological polar surface area (TPSA) is 56.2 Å². The Kier molecular flexibility index (Phi) is 4.36. The fraction of sp³-hybridized carbons (Fsp3) is 0.692. The van der Waals surface area contributed by atoms with Crippen molar-refractivity contribution in [3.05, 3.63) is 11.9 Å². The van der Waals surface area contributed by atoms with Gasteiger partial charge in [0.15, 0.2) is 11.5 Å². The Hall–Kier alpha value is -1.36. The number of rotatable bonds is 5. The van der Waals surface area contributed by atoms with Gasteiger partial charge < -0.3 is 10.1 Å². The highest BCUT2D eigenvalue weighted by atomic mass is 16.5. The molecule has 0 aliphatic carbocycles. The molecule has 1 aliphatic rings. The quantitative estimate of drug-likeness (QED) is 0.804. The van der Waals surface area contributed by atoms with Gasteiger partial charge >= 0.3 is 0 Å². The predicted octanol–water partition coefficient (Wildman–Crippen LogP) is 1.39. The molecule has 18 heavy (non-hydrogen) atoms. The van der Waals surface area contributed by atoms with Crippen molar-refractivity contribution in [2.45, 2.75) is 25.7 Å².